The zero-order chi connectivity index (χ0) is 18.2. The summed E-state index contributed by atoms with van der Waals surface area (Å²) in [7, 11) is 4.22. The maximum absolute atomic E-state index is 5.45. The van der Waals surface area contributed by atoms with Crippen LogP contribution in [0.4, 0.5) is 5.69 Å². The van der Waals surface area contributed by atoms with Crippen molar-refractivity contribution in [1.29, 1.82) is 0 Å². The van der Waals surface area contributed by atoms with Crippen molar-refractivity contribution >= 4 is 23.0 Å². The van der Waals surface area contributed by atoms with Crippen molar-refractivity contribution in [3.05, 3.63) is 65.7 Å². The molecule has 0 unspecified atom stereocenters. The number of anilines is 1. The van der Waals surface area contributed by atoms with Gasteiger partial charge in [-0.05, 0) is 61.9 Å². The lowest BCUT2D eigenvalue weighted by Crippen LogP contribution is -2.42. The number of nitrogens with zero attached hydrogens (tertiary/aromatic N) is 1. The van der Waals surface area contributed by atoms with Crippen LogP contribution in [0.5, 0.6) is 0 Å². The van der Waals surface area contributed by atoms with E-state index in [2.05, 4.69) is 98.1 Å². The van der Waals surface area contributed by atoms with E-state index in [4.69, 9.17) is 12.2 Å². The van der Waals surface area contributed by atoms with Gasteiger partial charge in [-0.25, -0.2) is 0 Å². The van der Waals surface area contributed by atoms with Crippen LogP contribution in [0.15, 0.2) is 54.6 Å². The molecule has 2 rings (SSSR count). The average Bonchev–Trinajstić information content (AvgIpc) is 2.59. The Morgan fingerprint density at radius 3 is 2.20 bits per heavy atom. The van der Waals surface area contributed by atoms with Crippen LogP contribution in [0.2, 0.25) is 0 Å². The van der Waals surface area contributed by atoms with Gasteiger partial charge in [0.2, 0.25) is 0 Å². The first kappa shape index (κ1) is 19.4. The number of hydrogen-bond donors (Lipinski definition) is 2. The molecule has 0 aliphatic rings. The van der Waals surface area contributed by atoms with Crippen LogP contribution in [0.25, 0.3) is 0 Å². The van der Waals surface area contributed by atoms with E-state index >= 15 is 0 Å². The van der Waals surface area contributed by atoms with E-state index in [0.29, 0.717) is 17.1 Å². The first-order chi connectivity index (χ1) is 12.0. The first-order valence-electron chi connectivity index (χ1n) is 8.81. The quantitative estimate of drug-likeness (QED) is 0.725. The van der Waals surface area contributed by atoms with Crippen LogP contribution in [0.1, 0.15) is 30.9 Å². The minimum absolute atomic E-state index is 0.380. The first-order valence-corrected chi connectivity index (χ1v) is 9.21. The highest BCUT2D eigenvalue weighted by atomic mass is 32.1. The van der Waals surface area contributed by atoms with Crippen molar-refractivity contribution in [2.45, 2.75) is 32.2 Å². The van der Waals surface area contributed by atoms with Gasteiger partial charge in [0.15, 0.2) is 5.11 Å². The number of benzene rings is 2. The van der Waals surface area contributed by atoms with E-state index in [0.717, 1.165) is 18.7 Å². The molecule has 2 aromatic rings. The Labute approximate surface area is 157 Å². The molecule has 0 bridgehead atoms. The van der Waals surface area contributed by atoms with Gasteiger partial charge in [0.05, 0.1) is 0 Å². The Kier molecular flexibility index (Phi) is 7.41. The number of rotatable bonds is 7. The third kappa shape index (κ3) is 6.48. The van der Waals surface area contributed by atoms with Crippen molar-refractivity contribution in [1.82, 2.24) is 10.2 Å². The van der Waals surface area contributed by atoms with Crippen LogP contribution in [-0.4, -0.2) is 36.7 Å². The van der Waals surface area contributed by atoms with Crippen LogP contribution < -0.4 is 10.6 Å². The van der Waals surface area contributed by atoms with Gasteiger partial charge in [-0.1, -0.05) is 56.3 Å². The summed E-state index contributed by atoms with van der Waals surface area (Å²) in [5, 5.41) is 7.28. The van der Waals surface area contributed by atoms with Crippen LogP contribution in [0, 0.1) is 0 Å². The SMILES string of the molecule is CC(C)c1ccc(NC(=S)NC[C@@H](Cc2ccccc2)N(C)C)cc1. The summed E-state index contributed by atoms with van der Waals surface area (Å²) in [6.07, 6.45) is 0.993. The highest BCUT2D eigenvalue weighted by Crippen LogP contribution is 2.17. The molecule has 25 heavy (non-hydrogen) atoms. The minimum Gasteiger partial charge on any atom is -0.361 e. The smallest absolute Gasteiger partial charge is 0.170 e. The van der Waals surface area contributed by atoms with Gasteiger partial charge in [0.25, 0.3) is 0 Å². The topological polar surface area (TPSA) is 27.3 Å². The molecule has 0 aliphatic carbocycles. The molecule has 0 fully saturated rings. The third-order valence-corrected chi connectivity index (χ3v) is 4.62. The number of thiocarbonyl (C=S) groups is 1. The Morgan fingerprint density at radius 1 is 1.00 bits per heavy atom. The lowest BCUT2D eigenvalue weighted by molar-refractivity contribution is 0.291. The molecule has 1 atom stereocenters. The highest BCUT2D eigenvalue weighted by Gasteiger charge is 2.12. The van der Waals surface area contributed by atoms with E-state index in [1.807, 2.05) is 0 Å². The maximum Gasteiger partial charge on any atom is 0.170 e. The molecule has 2 aromatic carbocycles. The molecule has 0 amide bonds. The zero-order valence-corrected chi connectivity index (χ0v) is 16.4. The molecule has 3 nitrogen and oxygen atoms in total. The van der Waals surface area contributed by atoms with Gasteiger partial charge in [0.1, 0.15) is 0 Å². The van der Waals surface area contributed by atoms with Crippen molar-refractivity contribution in [3.63, 3.8) is 0 Å². The van der Waals surface area contributed by atoms with E-state index in [-0.39, 0.29) is 0 Å². The average molecular weight is 356 g/mol. The summed E-state index contributed by atoms with van der Waals surface area (Å²) >= 11 is 5.45. The standard InChI is InChI=1S/C21H29N3S/c1-16(2)18-10-12-19(13-11-18)23-21(25)22-15-20(24(3)4)14-17-8-6-5-7-9-17/h5-13,16,20H,14-15H2,1-4H3,(H2,22,23,25)/t20-/m1/s1. The molecule has 0 aromatic heterocycles. The van der Waals surface area contributed by atoms with Crippen molar-refractivity contribution in [2.75, 3.05) is 26.0 Å². The van der Waals surface area contributed by atoms with E-state index < -0.39 is 0 Å². The zero-order valence-electron chi connectivity index (χ0n) is 15.6. The van der Waals surface area contributed by atoms with Gasteiger partial charge in [0, 0.05) is 18.3 Å². The minimum atomic E-state index is 0.380. The normalized spacial score (nSPS) is 12.2. The summed E-state index contributed by atoms with van der Waals surface area (Å²) < 4.78 is 0. The van der Waals surface area contributed by atoms with Gasteiger partial charge in [-0.2, -0.15) is 0 Å². The van der Waals surface area contributed by atoms with Crippen LogP contribution in [-0.2, 0) is 6.42 Å². The fourth-order valence-corrected chi connectivity index (χ4v) is 2.86. The summed E-state index contributed by atoms with van der Waals surface area (Å²) in [4.78, 5) is 2.24. The second kappa shape index (κ2) is 9.54. The monoisotopic (exact) mass is 355 g/mol. The van der Waals surface area contributed by atoms with Crippen molar-refractivity contribution in [3.8, 4) is 0 Å². The molecular weight excluding hydrogens is 326 g/mol. The summed E-state index contributed by atoms with van der Waals surface area (Å²) in [5.41, 5.74) is 3.69. The largest absolute Gasteiger partial charge is 0.361 e. The summed E-state index contributed by atoms with van der Waals surface area (Å²) in [6.45, 7) is 5.20. The van der Waals surface area contributed by atoms with E-state index in [1.54, 1.807) is 0 Å². The predicted octanol–water partition coefficient (Wildman–Crippen LogP) is 4.27. The Balaban J connectivity index is 1.86. The Morgan fingerprint density at radius 2 is 1.64 bits per heavy atom. The van der Waals surface area contributed by atoms with Crippen LogP contribution in [0.3, 0.4) is 0 Å². The molecule has 0 saturated carbocycles. The molecule has 0 radical (unpaired) electrons. The molecule has 4 heteroatoms. The molecule has 134 valence electrons. The number of hydrogen-bond acceptors (Lipinski definition) is 2. The lowest BCUT2D eigenvalue weighted by atomic mass is 10.0. The second-order valence-corrected chi connectivity index (χ2v) is 7.33. The van der Waals surface area contributed by atoms with Crippen LogP contribution >= 0.6 is 12.2 Å². The second-order valence-electron chi connectivity index (χ2n) is 6.92. The van der Waals surface area contributed by atoms with E-state index in [1.165, 1.54) is 11.1 Å². The van der Waals surface area contributed by atoms with Crippen molar-refractivity contribution in [2.24, 2.45) is 0 Å². The van der Waals surface area contributed by atoms with Gasteiger partial charge in [-0.15, -0.1) is 0 Å². The van der Waals surface area contributed by atoms with Gasteiger partial charge < -0.3 is 15.5 Å². The van der Waals surface area contributed by atoms with Crippen molar-refractivity contribution < 1.29 is 0 Å². The fourth-order valence-electron chi connectivity index (χ4n) is 2.66. The number of likely N-dealkylation sites (N-methyl/N-ethyl adjacent to an activating group) is 1. The van der Waals surface area contributed by atoms with Gasteiger partial charge >= 0.3 is 0 Å². The summed E-state index contributed by atoms with van der Waals surface area (Å²) in [6, 6.07) is 19.4. The predicted molar refractivity (Wildman–Crippen MR) is 112 cm³/mol. The molecular formula is C21H29N3S. The molecule has 0 spiro atoms. The highest BCUT2D eigenvalue weighted by molar-refractivity contribution is 7.80. The maximum atomic E-state index is 5.45. The number of nitrogens with one attached hydrogen (secondary N) is 2. The summed E-state index contributed by atoms with van der Waals surface area (Å²) in [5.74, 6) is 0.540. The van der Waals surface area contributed by atoms with E-state index in [9.17, 15) is 0 Å². The lowest BCUT2D eigenvalue weighted by Gasteiger charge is -2.25. The molecule has 0 aliphatic heterocycles. The van der Waals surface area contributed by atoms with Gasteiger partial charge in [-0.3, -0.25) is 0 Å². The molecule has 0 saturated heterocycles. The molecule has 0 heterocycles. The Hall–Kier alpha value is -1.91. The third-order valence-electron chi connectivity index (χ3n) is 4.38. The Bertz CT molecular complexity index is 651. The molecule has 2 N–H and O–H groups in total. The fraction of sp³-hybridized carbons (Fsp3) is 0.381.